The van der Waals surface area contributed by atoms with Gasteiger partial charge in [0, 0.05) is 37.0 Å². The number of aromatic amines is 1. The number of fused-ring (bicyclic) bond motifs is 1. The van der Waals surface area contributed by atoms with Gasteiger partial charge in [0.25, 0.3) is 0 Å². The summed E-state index contributed by atoms with van der Waals surface area (Å²) in [5.74, 6) is 1.20. The van der Waals surface area contributed by atoms with Crippen molar-refractivity contribution in [1.29, 1.82) is 0 Å². The number of hydrogen-bond acceptors (Lipinski definition) is 3. The molecule has 0 amide bonds. The van der Waals surface area contributed by atoms with E-state index in [2.05, 4.69) is 14.9 Å². The third-order valence-electron chi connectivity index (χ3n) is 5.34. The Morgan fingerprint density at radius 3 is 2.77 bits per heavy atom. The van der Waals surface area contributed by atoms with Crippen molar-refractivity contribution >= 4 is 16.8 Å². The van der Waals surface area contributed by atoms with Crippen LogP contribution in [0, 0.1) is 5.82 Å². The Balaban J connectivity index is 1.41. The molecule has 0 spiro atoms. The SMILES string of the molecule is CC(=O)c1cc(CN2CCC(c3nc4ccc(F)cc4[nH]3)CC2)n(C)c1. The lowest BCUT2D eigenvalue weighted by molar-refractivity contribution is 0.101. The van der Waals surface area contributed by atoms with Crippen molar-refractivity contribution in [2.45, 2.75) is 32.2 Å². The molecule has 1 aromatic carbocycles. The lowest BCUT2D eigenvalue weighted by atomic mass is 9.96. The average Bonchev–Trinajstić information content (AvgIpc) is 3.19. The van der Waals surface area contributed by atoms with E-state index < -0.39 is 0 Å². The van der Waals surface area contributed by atoms with Gasteiger partial charge in [0.2, 0.25) is 0 Å². The van der Waals surface area contributed by atoms with Crippen LogP contribution in [0.1, 0.15) is 47.6 Å². The quantitative estimate of drug-likeness (QED) is 0.728. The van der Waals surface area contributed by atoms with Gasteiger partial charge in [-0.2, -0.15) is 0 Å². The number of halogens is 1. The smallest absolute Gasteiger partial charge is 0.161 e. The van der Waals surface area contributed by atoms with Crippen LogP contribution in [-0.2, 0) is 13.6 Å². The second kappa shape index (κ2) is 6.68. The zero-order valence-electron chi connectivity index (χ0n) is 15.1. The van der Waals surface area contributed by atoms with E-state index in [1.807, 2.05) is 23.9 Å². The van der Waals surface area contributed by atoms with Crippen LogP contribution in [0.15, 0.2) is 30.5 Å². The van der Waals surface area contributed by atoms with Gasteiger partial charge in [-0.15, -0.1) is 0 Å². The topological polar surface area (TPSA) is 53.9 Å². The van der Waals surface area contributed by atoms with Gasteiger partial charge in [0.1, 0.15) is 11.6 Å². The first-order valence-electron chi connectivity index (χ1n) is 9.03. The lowest BCUT2D eigenvalue weighted by Crippen LogP contribution is -2.33. The van der Waals surface area contributed by atoms with E-state index >= 15 is 0 Å². The first kappa shape index (κ1) is 17.0. The van der Waals surface area contributed by atoms with Crippen molar-refractivity contribution in [3.8, 4) is 0 Å². The molecule has 0 atom stereocenters. The van der Waals surface area contributed by atoms with Crippen molar-refractivity contribution in [2.24, 2.45) is 7.05 Å². The summed E-state index contributed by atoms with van der Waals surface area (Å²) in [6.45, 7) is 4.42. The molecule has 0 saturated carbocycles. The number of rotatable bonds is 4. The number of likely N-dealkylation sites (tertiary alicyclic amines) is 1. The molecule has 26 heavy (non-hydrogen) atoms. The van der Waals surface area contributed by atoms with Crippen LogP contribution in [0.5, 0.6) is 0 Å². The molecule has 2 aromatic heterocycles. The zero-order chi connectivity index (χ0) is 18.3. The van der Waals surface area contributed by atoms with E-state index in [9.17, 15) is 9.18 Å². The number of aryl methyl sites for hydroxylation is 1. The molecular weight excluding hydrogens is 331 g/mol. The number of nitrogens with zero attached hydrogens (tertiary/aromatic N) is 3. The second-order valence-corrected chi connectivity index (χ2v) is 7.22. The Bertz CT molecular complexity index is 950. The van der Waals surface area contributed by atoms with E-state index in [1.54, 1.807) is 13.0 Å². The van der Waals surface area contributed by atoms with Gasteiger partial charge < -0.3 is 9.55 Å². The molecule has 4 rings (SSSR count). The zero-order valence-corrected chi connectivity index (χ0v) is 15.1. The molecule has 0 unspecified atom stereocenters. The number of benzene rings is 1. The van der Waals surface area contributed by atoms with Gasteiger partial charge in [-0.05, 0) is 57.1 Å². The highest BCUT2D eigenvalue weighted by atomic mass is 19.1. The summed E-state index contributed by atoms with van der Waals surface area (Å²) in [6, 6.07) is 6.66. The van der Waals surface area contributed by atoms with Gasteiger partial charge in [-0.3, -0.25) is 9.69 Å². The third-order valence-corrected chi connectivity index (χ3v) is 5.34. The molecular formula is C20H23FN4O. The number of carbonyl (C=O) groups excluding carboxylic acids is 1. The fourth-order valence-electron chi connectivity index (χ4n) is 3.75. The van der Waals surface area contributed by atoms with Crippen molar-refractivity contribution in [1.82, 2.24) is 19.4 Å². The molecule has 0 aliphatic carbocycles. The van der Waals surface area contributed by atoms with Crippen LogP contribution >= 0.6 is 0 Å². The molecule has 3 heterocycles. The fourth-order valence-corrected chi connectivity index (χ4v) is 3.75. The molecule has 136 valence electrons. The second-order valence-electron chi connectivity index (χ2n) is 7.22. The molecule has 0 bridgehead atoms. The maximum atomic E-state index is 13.4. The standard InChI is InChI=1S/C20H23FN4O/c1-13(26)15-9-17(24(2)11-15)12-25-7-5-14(6-8-25)20-22-18-4-3-16(21)10-19(18)23-20/h3-4,9-11,14H,5-8,12H2,1-2H3,(H,22,23). The molecule has 0 radical (unpaired) electrons. The summed E-state index contributed by atoms with van der Waals surface area (Å²) < 4.78 is 15.4. The van der Waals surface area contributed by atoms with Gasteiger partial charge in [0.15, 0.2) is 5.78 Å². The largest absolute Gasteiger partial charge is 0.353 e. The predicted molar refractivity (Wildman–Crippen MR) is 98.7 cm³/mol. The van der Waals surface area contributed by atoms with Gasteiger partial charge in [-0.25, -0.2) is 9.37 Å². The average molecular weight is 354 g/mol. The number of Topliss-reactive ketones (excluding diaryl/α,β-unsaturated/α-hetero) is 1. The van der Waals surface area contributed by atoms with E-state index in [4.69, 9.17) is 0 Å². The minimum absolute atomic E-state index is 0.104. The fraction of sp³-hybridized carbons (Fsp3) is 0.400. The maximum absolute atomic E-state index is 13.4. The molecule has 1 aliphatic heterocycles. The van der Waals surface area contributed by atoms with Crippen molar-refractivity contribution in [3.05, 3.63) is 53.4 Å². The van der Waals surface area contributed by atoms with Crippen molar-refractivity contribution < 1.29 is 9.18 Å². The van der Waals surface area contributed by atoms with Gasteiger partial charge in [0.05, 0.1) is 11.0 Å². The Morgan fingerprint density at radius 1 is 1.31 bits per heavy atom. The number of aromatic nitrogens is 3. The minimum Gasteiger partial charge on any atom is -0.353 e. The third kappa shape index (κ3) is 3.29. The number of nitrogens with one attached hydrogen (secondary N) is 1. The molecule has 1 N–H and O–H groups in total. The van der Waals surface area contributed by atoms with Crippen LogP contribution in [0.2, 0.25) is 0 Å². The van der Waals surface area contributed by atoms with Crippen LogP contribution in [0.3, 0.4) is 0 Å². The van der Waals surface area contributed by atoms with Crippen LogP contribution in [0.4, 0.5) is 4.39 Å². The molecule has 6 heteroatoms. The van der Waals surface area contributed by atoms with Crippen LogP contribution in [-0.4, -0.2) is 38.3 Å². The molecule has 1 aliphatic rings. The van der Waals surface area contributed by atoms with Crippen LogP contribution < -0.4 is 0 Å². The van der Waals surface area contributed by atoms with E-state index in [-0.39, 0.29) is 11.6 Å². The molecule has 1 fully saturated rings. The Hall–Kier alpha value is -2.47. The van der Waals surface area contributed by atoms with Gasteiger partial charge in [-0.1, -0.05) is 0 Å². The Labute approximate surface area is 151 Å². The number of ketones is 1. The van der Waals surface area contributed by atoms with E-state index in [1.165, 1.54) is 12.1 Å². The highest BCUT2D eigenvalue weighted by molar-refractivity contribution is 5.94. The minimum atomic E-state index is -0.241. The van der Waals surface area contributed by atoms with Crippen molar-refractivity contribution in [2.75, 3.05) is 13.1 Å². The monoisotopic (exact) mass is 354 g/mol. The Kier molecular flexibility index (Phi) is 4.36. The molecule has 1 saturated heterocycles. The summed E-state index contributed by atoms with van der Waals surface area (Å²) in [6.07, 6.45) is 3.94. The number of piperidine rings is 1. The highest BCUT2D eigenvalue weighted by Gasteiger charge is 2.24. The summed E-state index contributed by atoms with van der Waals surface area (Å²) in [7, 11) is 1.99. The normalized spacial score (nSPS) is 16.4. The summed E-state index contributed by atoms with van der Waals surface area (Å²) >= 11 is 0. The number of hydrogen-bond donors (Lipinski definition) is 1. The lowest BCUT2D eigenvalue weighted by Gasteiger charge is -2.31. The number of carbonyl (C=O) groups is 1. The first-order chi connectivity index (χ1) is 12.5. The number of imidazole rings is 1. The maximum Gasteiger partial charge on any atom is 0.161 e. The molecule has 5 nitrogen and oxygen atoms in total. The Morgan fingerprint density at radius 2 is 2.08 bits per heavy atom. The van der Waals surface area contributed by atoms with Crippen LogP contribution in [0.25, 0.3) is 11.0 Å². The summed E-state index contributed by atoms with van der Waals surface area (Å²) in [5, 5.41) is 0. The summed E-state index contributed by atoms with van der Waals surface area (Å²) in [5.41, 5.74) is 3.52. The highest BCUT2D eigenvalue weighted by Crippen LogP contribution is 2.28. The van der Waals surface area contributed by atoms with Gasteiger partial charge >= 0.3 is 0 Å². The predicted octanol–water partition coefficient (Wildman–Crippen LogP) is 3.62. The van der Waals surface area contributed by atoms with E-state index in [0.717, 1.165) is 60.6 Å². The van der Waals surface area contributed by atoms with E-state index in [0.29, 0.717) is 5.92 Å². The first-order valence-corrected chi connectivity index (χ1v) is 9.03. The molecule has 3 aromatic rings. The number of H-pyrrole nitrogens is 1. The van der Waals surface area contributed by atoms with Crippen molar-refractivity contribution in [3.63, 3.8) is 0 Å². The summed E-state index contributed by atoms with van der Waals surface area (Å²) in [4.78, 5) is 21.9.